The normalized spacial score (nSPS) is 50.0. The molecule has 2 heterocycles. The van der Waals surface area contributed by atoms with Crippen LogP contribution in [-0.2, 0) is 14.2 Å². The van der Waals surface area contributed by atoms with Crippen molar-refractivity contribution in [1.29, 1.82) is 0 Å². The number of aliphatic hydroxyl groups excluding tert-OH is 7. The molecule has 0 aromatic rings. The topological polar surface area (TPSA) is 169 Å². The van der Waals surface area contributed by atoms with E-state index >= 15 is 0 Å². The van der Waals surface area contributed by atoms with Crippen molar-refractivity contribution < 1.29 is 50.0 Å². The first-order valence-electron chi connectivity index (χ1n) is 6.97. The molecule has 2 aliphatic rings. The molecule has 10 nitrogen and oxygen atoms in total. The van der Waals surface area contributed by atoms with Crippen LogP contribution in [0.25, 0.3) is 0 Å². The van der Waals surface area contributed by atoms with Crippen molar-refractivity contribution >= 4 is 0 Å². The molecule has 0 spiro atoms. The summed E-state index contributed by atoms with van der Waals surface area (Å²) in [7, 11) is 0. The molecule has 2 rings (SSSR count). The van der Waals surface area contributed by atoms with Gasteiger partial charge >= 0.3 is 0 Å². The fraction of sp³-hybridized carbons (Fsp3) is 1.00. The van der Waals surface area contributed by atoms with Gasteiger partial charge in [0.25, 0.3) is 0 Å². The highest BCUT2D eigenvalue weighted by Crippen LogP contribution is 2.24. The molecule has 0 saturated carbocycles. The Bertz CT molecular complexity index is 355. The maximum Gasteiger partial charge on any atom is 0.184 e. The van der Waals surface area contributed by atoms with E-state index in [2.05, 4.69) is 0 Å². The van der Waals surface area contributed by atoms with Crippen LogP contribution in [0, 0.1) is 0 Å². The first-order chi connectivity index (χ1) is 10.3. The molecule has 10 heteroatoms. The Labute approximate surface area is 126 Å². The second-order valence-corrected chi connectivity index (χ2v) is 5.45. The van der Waals surface area contributed by atoms with Crippen molar-refractivity contribution in [2.45, 2.75) is 61.7 Å². The van der Waals surface area contributed by atoms with E-state index < -0.39 is 61.9 Å². The molecule has 22 heavy (non-hydrogen) atoms. The lowest BCUT2D eigenvalue weighted by Crippen LogP contribution is -2.59. The van der Waals surface area contributed by atoms with Crippen LogP contribution < -0.4 is 0 Å². The molecular formula is C12H22O10. The van der Waals surface area contributed by atoms with Crippen molar-refractivity contribution in [3.05, 3.63) is 0 Å². The van der Waals surface area contributed by atoms with E-state index in [-0.39, 0.29) is 13.0 Å². The molecule has 2 fully saturated rings. The Morgan fingerprint density at radius 3 is 2.14 bits per heavy atom. The lowest BCUT2D eigenvalue weighted by Gasteiger charge is -2.40. The molecule has 0 amide bonds. The van der Waals surface area contributed by atoms with E-state index in [1.165, 1.54) is 0 Å². The maximum absolute atomic E-state index is 9.75. The summed E-state index contributed by atoms with van der Waals surface area (Å²) in [6.07, 6.45) is -11.9. The number of aliphatic hydroxyl groups is 7. The highest BCUT2D eigenvalue weighted by atomic mass is 16.7. The third-order valence-electron chi connectivity index (χ3n) is 3.85. The third-order valence-corrected chi connectivity index (χ3v) is 3.85. The Balaban J connectivity index is 1.87. The molecule has 9 atom stereocenters. The van der Waals surface area contributed by atoms with Crippen molar-refractivity contribution in [2.75, 3.05) is 13.2 Å². The molecule has 0 aliphatic carbocycles. The summed E-state index contributed by atoms with van der Waals surface area (Å²) in [5.41, 5.74) is 0. The van der Waals surface area contributed by atoms with Crippen LogP contribution in [0.1, 0.15) is 6.42 Å². The first-order valence-corrected chi connectivity index (χ1v) is 6.97. The predicted molar refractivity (Wildman–Crippen MR) is 67.2 cm³/mol. The summed E-state index contributed by atoms with van der Waals surface area (Å²) in [5.74, 6) is 0. The molecule has 2 saturated heterocycles. The van der Waals surface area contributed by atoms with Crippen LogP contribution in [-0.4, -0.2) is 104 Å². The highest BCUT2D eigenvalue weighted by molar-refractivity contribution is 4.89. The summed E-state index contributed by atoms with van der Waals surface area (Å²) < 4.78 is 15.4. The molecule has 130 valence electrons. The van der Waals surface area contributed by atoms with E-state index in [0.717, 1.165) is 0 Å². The standard InChI is InChI=1S/C12H22O10/c13-2-5-8(15)4(14)1-7(21-5)20-3-6-9(16)10(17)11(18)12(19)22-6/h4-19H,1-3H2/t4-,5-,6-,7+,8+,9-,10+,11+,12+/m1/s1. The van der Waals surface area contributed by atoms with E-state index in [9.17, 15) is 30.6 Å². The van der Waals surface area contributed by atoms with Crippen LogP contribution in [0.15, 0.2) is 0 Å². The molecule has 0 aromatic carbocycles. The van der Waals surface area contributed by atoms with E-state index in [1.54, 1.807) is 0 Å². The average Bonchev–Trinajstić information content (AvgIpc) is 2.50. The quantitative estimate of drug-likeness (QED) is 0.268. The van der Waals surface area contributed by atoms with Gasteiger partial charge in [0.1, 0.15) is 36.6 Å². The van der Waals surface area contributed by atoms with Gasteiger partial charge in [0, 0.05) is 6.42 Å². The van der Waals surface area contributed by atoms with E-state index in [4.69, 9.17) is 19.3 Å². The second-order valence-electron chi connectivity index (χ2n) is 5.45. The number of rotatable bonds is 4. The SMILES string of the molecule is OC[C@H]1O[C@H](OC[C@H]2O[C@H](O)[C@@H](O)[C@@H](O)[C@@H]2O)C[C@@H](O)[C@@H]1O. The van der Waals surface area contributed by atoms with Gasteiger partial charge in [-0.1, -0.05) is 0 Å². The lowest BCUT2D eigenvalue weighted by molar-refractivity contribution is -0.307. The Morgan fingerprint density at radius 1 is 0.818 bits per heavy atom. The van der Waals surface area contributed by atoms with Gasteiger partial charge < -0.3 is 50.0 Å². The lowest BCUT2D eigenvalue weighted by atomic mass is 9.99. The van der Waals surface area contributed by atoms with Gasteiger partial charge in [-0.15, -0.1) is 0 Å². The molecule has 0 radical (unpaired) electrons. The summed E-state index contributed by atoms with van der Waals surface area (Å²) in [5, 5.41) is 66.3. The molecule has 0 aromatic heterocycles. The Morgan fingerprint density at radius 2 is 1.50 bits per heavy atom. The highest BCUT2D eigenvalue weighted by Gasteiger charge is 2.44. The number of hydrogen-bond acceptors (Lipinski definition) is 10. The predicted octanol–water partition coefficient (Wildman–Crippen LogP) is -4.37. The van der Waals surface area contributed by atoms with Gasteiger partial charge in [0.15, 0.2) is 12.6 Å². The minimum Gasteiger partial charge on any atom is -0.394 e. The number of ether oxygens (including phenoxy) is 3. The summed E-state index contributed by atoms with van der Waals surface area (Å²) in [6.45, 7) is -0.808. The van der Waals surface area contributed by atoms with Gasteiger partial charge in [-0.05, 0) is 0 Å². The Kier molecular flexibility index (Phi) is 6.07. The fourth-order valence-electron chi connectivity index (χ4n) is 2.44. The third kappa shape index (κ3) is 3.74. The largest absolute Gasteiger partial charge is 0.394 e. The number of hydrogen-bond donors (Lipinski definition) is 7. The zero-order valence-corrected chi connectivity index (χ0v) is 11.7. The van der Waals surface area contributed by atoms with Crippen LogP contribution in [0.2, 0.25) is 0 Å². The van der Waals surface area contributed by atoms with E-state index in [0.29, 0.717) is 0 Å². The Hall–Kier alpha value is -0.400. The molecular weight excluding hydrogens is 304 g/mol. The zero-order valence-electron chi connectivity index (χ0n) is 11.7. The molecule has 0 bridgehead atoms. The zero-order chi connectivity index (χ0) is 16.4. The smallest absolute Gasteiger partial charge is 0.184 e. The minimum atomic E-state index is -1.67. The van der Waals surface area contributed by atoms with E-state index in [1.807, 2.05) is 0 Å². The minimum absolute atomic E-state index is 0.0613. The first kappa shape index (κ1) is 17.9. The second kappa shape index (κ2) is 7.45. The average molecular weight is 326 g/mol. The van der Waals surface area contributed by atoms with Gasteiger partial charge in [0.2, 0.25) is 0 Å². The van der Waals surface area contributed by atoms with Crippen molar-refractivity contribution in [3.8, 4) is 0 Å². The van der Waals surface area contributed by atoms with Gasteiger partial charge in [-0.25, -0.2) is 0 Å². The summed E-state index contributed by atoms with van der Waals surface area (Å²) >= 11 is 0. The van der Waals surface area contributed by atoms with Crippen LogP contribution >= 0.6 is 0 Å². The van der Waals surface area contributed by atoms with Crippen molar-refractivity contribution in [1.82, 2.24) is 0 Å². The molecule has 0 unspecified atom stereocenters. The van der Waals surface area contributed by atoms with Crippen LogP contribution in [0.4, 0.5) is 0 Å². The van der Waals surface area contributed by atoms with Crippen molar-refractivity contribution in [3.63, 3.8) is 0 Å². The van der Waals surface area contributed by atoms with Gasteiger partial charge in [0.05, 0.1) is 19.3 Å². The van der Waals surface area contributed by atoms with Gasteiger partial charge in [-0.2, -0.15) is 0 Å². The summed E-state index contributed by atoms with van der Waals surface area (Å²) in [4.78, 5) is 0. The van der Waals surface area contributed by atoms with Gasteiger partial charge in [-0.3, -0.25) is 0 Å². The monoisotopic (exact) mass is 326 g/mol. The fourth-order valence-corrected chi connectivity index (χ4v) is 2.44. The maximum atomic E-state index is 9.75. The summed E-state index contributed by atoms with van der Waals surface area (Å²) in [6, 6.07) is 0. The van der Waals surface area contributed by atoms with Crippen molar-refractivity contribution in [2.24, 2.45) is 0 Å². The molecule has 2 aliphatic heterocycles. The van der Waals surface area contributed by atoms with Crippen LogP contribution in [0.5, 0.6) is 0 Å². The molecule has 7 N–H and O–H groups in total. The van der Waals surface area contributed by atoms with Crippen LogP contribution in [0.3, 0.4) is 0 Å².